The highest BCUT2D eigenvalue weighted by atomic mass is 16.6. The molecule has 0 aromatic heterocycles. The summed E-state index contributed by atoms with van der Waals surface area (Å²) >= 11 is 0. The molecule has 0 saturated carbocycles. The molecule has 0 bridgehead atoms. The molecule has 0 saturated heterocycles. The molecule has 3 nitrogen and oxygen atoms in total. The molecule has 1 N–H and O–H groups in total. The number of carbonyl (C=O) groups is 1. The van der Waals surface area contributed by atoms with Gasteiger partial charge in [-0.25, -0.2) is 0 Å². The van der Waals surface area contributed by atoms with Gasteiger partial charge in [0.2, 0.25) is 0 Å². The molecule has 0 aromatic carbocycles. The first-order chi connectivity index (χ1) is 5.57. The molecule has 0 spiro atoms. The Bertz CT molecular complexity index is 194. The van der Waals surface area contributed by atoms with Gasteiger partial charge in [-0.1, -0.05) is 0 Å². The predicted molar refractivity (Wildman–Crippen MR) is 51.7 cm³/mol. The summed E-state index contributed by atoms with van der Waals surface area (Å²) in [6, 6.07) is 0. The van der Waals surface area contributed by atoms with Gasteiger partial charge in [0.25, 0.3) is 5.97 Å². The molecule has 0 amide bonds. The molecule has 0 aliphatic rings. The second-order valence-corrected chi connectivity index (χ2v) is 4.11. The second kappa shape index (κ2) is 3.74. The van der Waals surface area contributed by atoms with Gasteiger partial charge in [0.1, 0.15) is 5.60 Å². The van der Waals surface area contributed by atoms with Crippen molar-refractivity contribution in [2.75, 3.05) is 0 Å². The van der Waals surface area contributed by atoms with E-state index in [-0.39, 0.29) is 0 Å². The summed E-state index contributed by atoms with van der Waals surface area (Å²) in [4.78, 5) is 11.3. The van der Waals surface area contributed by atoms with Gasteiger partial charge in [-0.3, -0.25) is 4.79 Å². The van der Waals surface area contributed by atoms with E-state index in [2.05, 4.69) is 0 Å². The summed E-state index contributed by atoms with van der Waals surface area (Å²) in [5, 5.41) is 7.26. The Morgan fingerprint density at radius 1 is 1.38 bits per heavy atom. The van der Waals surface area contributed by atoms with Crippen molar-refractivity contribution in [2.45, 2.75) is 44.6 Å². The lowest BCUT2D eigenvalue weighted by Gasteiger charge is -2.31. The number of aliphatic hydroxyl groups is 1. The fraction of sp³-hybridized carbons (Fsp3) is 0.875. The fourth-order valence-electron chi connectivity index (χ4n) is 0.537. The zero-order valence-corrected chi connectivity index (χ0v) is 8.50. The normalized spacial score (nSPS) is 15.2. The van der Waals surface area contributed by atoms with Gasteiger partial charge in [0, 0.05) is 5.21 Å². The summed E-state index contributed by atoms with van der Waals surface area (Å²) in [5.74, 6) is -0.810. The Morgan fingerprint density at radius 3 is 2.00 bits per heavy atom. The van der Waals surface area contributed by atoms with Crippen molar-refractivity contribution in [1.29, 1.82) is 0 Å². The van der Waals surface area contributed by atoms with Crippen LogP contribution in [0.5, 0.6) is 0 Å². The fourth-order valence-corrected chi connectivity index (χ4v) is 0.537. The highest BCUT2D eigenvalue weighted by molar-refractivity contribution is 6.50. The van der Waals surface area contributed by atoms with Crippen LogP contribution in [0.3, 0.4) is 0 Å². The molecular formula is C8H14B2O3. The molecule has 5 heteroatoms. The summed E-state index contributed by atoms with van der Waals surface area (Å²) in [6.45, 7) is 6.43. The summed E-state index contributed by atoms with van der Waals surface area (Å²) in [5.41, 5.74) is -0.657. The van der Waals surface area contributed by atoms with Crippen LogP contribution in [-0.4, -0.2) is 38.5 Å². The van der Waals surface area contributed by atoms with Gasteiger partial charge in [0.15, 0.2) is 0 Å². The Kier molecular flexibility index (Phi) is 3.62. The topological polar surface area (TPSA) is 46.5 Å². The second-order valence-electron chi connectivity index (χ2n) is 4.11. The Labute approximate surface area is 81.7 Å². The molecule has 4 radical (unpaired) electrons. The van der Waals surface area contributed by atoms with Crippen LogP contribution in [0.1, 0.15) is 27.7 Å². The number of aliphatic hydroxyl groups excluding tert-OH is 1. The van der Waals surface area contributed by atoms with Crippen molar-refractivity contribution in [3.8, 4) is 0 Å². The van der Waals surface area contributed by atoms with Gasteiger partial charge in [-0.15, -0.1) is 0 Å². The van der Waals surface area contributed by atoms with Crippen molar-refractivity contribution >= 4 is 21.7 Å². The number of hydrogen-bond donors (Lipinski definition) is 1. The lowest BCUT2D eigenvalue weighted by atomic mass is 9.51. The van der Waals surface area contributed by atoms with Gasteiger partial charge in [0.05, 0.1) is 21.8 Å². The molecule has 0 fully saturated rings. The number of carbonyl (C=O) groups excluding carboxylic acids is 1. The number of rotatable bonds is 2. The SMILES string of the molecule is [B]C([B])(C(=O)OC(C)(C)C)[C@@H](C)O. The largest absolute Gasteiger partial charge is 0.461 e. The standard InChI is InChI=1S/C8H14B2O3/c1-5(11)8(9,10)6(12)13-7(2,3)4/h5,11H,1-4H3/t5-/m1/s1. The van der Waals surface area contributed by atoms with Crippen LogP contribution in [0.15, 0.2) is 0 Å². The van der Waals surface area contributed by atoms with Crippen LogP contribution in [0.25, 0.3) is 0 Å². The average molecular weight is 180 g/mol. The molecule has 70 valence electrons. The third-order valence-electron chi connectivity index (χ3n) is 1.44. The van der Waals surface area contributed by atoms with E-state index in [0.717, 1.165) is 0 Å². The molecule has 0 heterocycles. The molecule has 0 aliphatic carbocycles. The first kappa shape index (κ1) is 12.6. The zero-order valence-electron chi connectivity index (χ0n) is 8.50. The Morgan fingerprint density at radius 2 is 1.77 bits per heavy atom. The molecule has 13 heavy (non-hydrogen) atoms. The van der Waals surface area contributed by atoms with E-state index in [1.54, 1.807) is 20.8 Å². The first-order valence-electron chi connectivity index (χ1n) is 4.06. The van der Waals surface area contributed by atoms with E-state index in [1.165, 1.54) is 6.92 Å². The van der Waals surface area contributed by atoms with E-state index < -0.39 is 22.9 Å². The van der Waals surface area contributed by atoms with Crippen LogP contribution in [0.2, 0.25) is 5.21 Å². The molecule has 0 aromatic rings. The van der Waals surface area contributed by atoms with Crippen molar-refractivity contribution in [3.05, 3.63) is 0 Å². The van der Waals surface area contributed by atoms with Crippen molar-refractivity contribution in [3.63, 3.8) is 0 Å². The third kappa shape index (κ3) is 3.85. The van der Waals surface area contributed by atoms with Crippen LogP contribution in [0, 0.1) is 0 Å². The average Bonchev–Trinajstić information content (AvgIpc) is 1.82. The van der Waals surface area contributed by atoms with Crippen molar-refractivity contribution in [1.82, 2.24) is 0 Å². The predicted octanol–water partition coefficient (Wildman–Crippen LogP) is 0.162. The van der Waals surface area contributed by atoms with E-state index in [4.69, 9.17) is 25.5 Å². The molecular weight excluding hydrogens is 166 g/mol. The van der Waals surface area contributed by atoms with Crippen molar-refractivity contribution in [2.24, 2.45) is 0 Å². The van der Waals surface area contributed by atoms with Crippen LogP contribution < -0.4 is 0 Å². The maximum Gasteiger partial charge on any atom is 0.297 e. The Balaban J connectivity index is 4.44. The third-order valence-corrected chi connectivity index (χ3v) is 1.44. The lowest BCUT2D eigenvalue weighted by molar-refractivity contribution is -0.158. The highest BCUT2D eigenvalue weighted by Gasteiger charge is 2.35. The van der Waals surface area contributed by atoms with Crippen LogP contribution in [0.4, 0.5) is 0 Å². The van der Waals surface area contributed by atoms with E-state index >= 15 is 0 Å². The molecule has 0 unspecified atom stereocenters. The summed E-state index contributed by atoms with van der Waals surface area (Å²) in [7, 11) is 10.7. The molecule has 0 rings (SSSR count). The van der Waals surface area contributed by atoms with E-state index in [1.807, 2.05) is 0 Å². The van der Waals surface area contributed by atoms with Gasteiger partial charge in [-0.2, -0.15) is 0 Å². The minimum Gasteiger partial charge on any atom is -0.461 e. The Hall–Kier alpha value is -0.440. The number of esters is 1. The van der Waals surface area contributed by atoms with Crippen molar-refractivity contribution < 1.29 is 14.6 Å². The highest BCUT2D eigenvalue weighted by Crippen LogP contribution is 2.25. The molecule has 1 atom stereocenters. The van der Waals surface area contributed by atoms with E-state index in [9.17, 15) is 4.79 Å². The number of hydrogen-bond acceptors (Lipinski definition) is 3. The maximum absolute atomic E-state index is 11.3. The summed E-state index contributed by atoms with van der Waals surface area (Å²) in [6.07, 6.45) is -1.15. The van der Waals surface area contributed by atoms with Crippen LogP contribution >= 0.6 is 0 Å². The van der Waals surface area contributed by atoms with Gasteiger partial charge in [-0.05, 0) is 27.7 Å². The smallest absolute Gasteiger partial charge is 0.297 e. The van der Waals surface area contributed by atoms with E-state index in [0.29, 0.717) is 0 Å². The maximum atomic E-state index is 11.3. The van der Waals surface area contributed by atoms with Gasteiger partial charge < -0.3 is 9.84 Å². The first-order valence-corrected chi connectivity index (χ1v) is 4.06. The monoisotopic (exact) mass is 180 g/mol. The quantitative estimate of drug-likeness (QED) is 0.486. The van der Waals surface area contributed by atoms with Gasteiger partial charge >= 0.3 is 0 Å². The summed E-state index contributed by atoms with van der Waals surface area (Å²) < 4.78 is 4.91. The molecule has 0 aliphatic heterocycles. The zero-order chi connectivity index (χ0) is 10.9. The lowest BCUT2D eigenvalue weighted by Crippen LogP contribution is -2.40. The van der Waals surface area contributed by atoms with Crippen LogP contribution in [-0.2, 0) is 9.53 Å². The minimum atomic E-state index is -1.84. The minimum absolute atomic E-state index is 0.657. The number of ether oxygens (including phenoxy) is 1.